The predicted octanol–water partition coefficient (Wildman–Crippen LogP) is -2.39. The van der Waals surface area contributed by atoms with E-state index in [0.717, 1.165) is 4.90 Å². The van der Waals surface area contributed by atoms with E-state index in [1.165, 1.54) is 0 Å². The van der Waals surface area contributed by atoms with E-state index in [2.05, 4.69) is 5.32 Å². The summed E-state index contributed by atoms with van der Waals surface area (Å²) in [4.78, 5) is 24.1. The van der Waals surface area contributed by atoms with Gasteiger partial charge >= 0.3 is 6.03 Å². The molecule has 0 aromatic carbocycles. The van der Waals surface area contributed by atoms with Gasteiger partial charge in [0.15, 0.2) is 6.23 Å². The number of rotatable bonds is 2. The minimum atomic E-state index is -1.31. The van der Waals surface area contributed by atoms with Crippen molar-refractivity contribution in [2.75, 3.05) is 13.2 Å². The molecule has 18 heavy (non-hydrogen) atoms. The minimum Gasteiger partial charge on any atom is -0.394 e. The third kappa shape index (κ3) is 2.07. The number of carbonyl (C=O) groups is 2. The second-order valence-electron chi connectivity index (χ2n) is 4.58. The third-order valence-electron chi connectivity index (χ3n) is 3.23. The van der Waals surface area contributed by atoms with Crippen LogP contribution in [0.5, 0.6) is 0 Å². The van der Waals surface area contributed by atoms with Crippen LogP contribution in [0, 0.1) is 5.92 Å². The number of carbonyl (C=O) groups excluding carboxylic acids is 2. The Morgan fingerprint density at radius 2 is 2.06 bits per heavy atom. The van der Waals surface area contributed by atoms with Crippen LogP contribution >= 0.6 is 0 Å². The SMILES string of the molecule is CC1CN([C@@H]2O[C@H](CO)[C@@H](O)[C@@H]2O)C(=O)NC1=O. The van der Waals surface area contributed by atoms with E-state index >= 15 is 0 Å². The van der Waals surface area contributed by atoms with Gasteiger partial charge in [-0.2, -0.15) is 0 Å². The molecule has 5 atom stereocenters. The van der Waals surface area contributed by atoms with Crippen LogP contribution in [-0.2, 0) is 9.53 Å². The van der Waals surface area contributed by atoms with Crippen molar-refractivity contribution < 1.29 is 29.6 Å². The maximum atomic E-state index is 11.6. The summed E-state index contributed by atoms with van der Waals surface area (Å²) >= 11 is 0. The highest BCUT2D eigenvalue weighted by molar-refractivity contribution is 5.97. The lowest BCUT2D eigenvalue weighted by molar-refractivity contribution is -0.130. The van der Waals surface area contributed by atoms with Crippen molar-refractivity contribution in [3.05, 3.63) is 0 Å². The quantitative estimate of drug-likeness (QED) is 0.440. The van der Waals surface area contributed by atoms with Gasteiger partial charge in [-0.05, 0) is 0 Å². The number of ether oxygens (including phenoxy) is 1. The largest absolute Gasteiger partial charge is 0.394 e. The highest BCUT2D eigenvalue weighted by Gasteiger charge is 2.48. The summed E-state index contributed by atoms with van der Waals surface area (Å²) in [6, 6.07) is -0.673. The first-order valence-corrected chi connectivity index (χ1v) is 5.69. The predicted molar refractivity (Wildman–Crippen MR) is 57.2 cm³/mol. The van der Waals surface area contributed by atoms with Crippen LogP contribution in [0.3, 0.4) is 0 Å². The van der Waals surface area contributed by atoms with Crippen molar-refractivity contribution in [3.63, 3.8) is 0 Å². The van der Waals surface area contributed by atoms with Gasteiger partial charge in [0.25, 0.3) is 0 Å². The van der Waals surface area contributed by atoms with Crippen LogP contribution in [0.15, 0.2) is 0 Å². The molecule has 0 spiro atoms. The van der Waals surface area contributed by atoms with Crippen molar-refractivity contribution in [2.45, 2.75) is 31.5 Å². The van der Waals surface area contributed by atoms with Gasteiger partial charge in [-0.15, -0.1) is 0 Å². The summed E-state index contributed by atoms with van der Waals surface area (Å²) in [5.74, 6) is -0.813. The number of nitrogens with one attached hydrogen (secondary N) is 1. The average molecular weight is 260 g/mol. The molecular formula is C10H16N2O6. The van der Waals surface area contributed by atoms with Crippen LogP contribution < -0.4 is 5.32 Å². The second-order valence-corrected chi connectivity index (χ2v) is 4.58. The van der Waals surface area contributed by atoms with E-state index in [9.17, 15) is 19.8 Å². The molecule has 0 aromatic heterocycles. The Balaban J connectivity index is 2.12. The molecule has 1 unspecified atom stereocenters. The van der Waals surface area contributed by atoms with E-state index in [4.69, 9.17) is 9.84 Å². The van der Waals surface area contributed by atoms with Crippen LogP contribution in [0.25, 0.3) is 0 Å². The first-order chi connectivity index (χ1) is 8.45. The second kappa shape index (κ2) is 4.81. The molecule has 3 amide bonds. The van der Waals surface area contributed by atoms with Crippen molar-refractivity contribution in [2.24, 2.45) is 5.92 Å². The first kappa shape index (κ1) is 13.2. The molecule has 0 aliphatic carbocycles. The van der Waals surface area contributed by atoms with Gasteiger partial charge in [0.1, 0.15) is 18.3 Å². The summed E-state index contributed by atoms with van der Waals surface area (Å²) < 4.78 is 5.23. The lowest BCUT2D eigenvalue weighted by Gasteiger charge is -2.35. The van der Waals surface area contributed by atoms with Gasteiger partial charge in [-0.25, -0.2) is 4.79 Å². The molecule has 2 aliphatic heterocycles. The van der Waals surface area contributed by atoms with Crippen molar-refractivity contribution in [1.82, 2.24) is 10.2 Å². The normalized spacial score (nSPS) is 41.1. The Hall–Kier alpha value is -1.22. The molecule has 102 valence electrons. The van der Waals surface area contributed by atoms with Gasteiger partial charge in [-0.3, -0.25) is 15.0 Å². The highest BCUT2D eigenvalue weighted by Crippen LogP contribution is 2.25. The average Bonchev–Trinajstić information content (AvgIpc) is 2.61. The number of hydrogen-bond acceptors (Lipinski definition) is 6. The number of nitrogens with zero attached hydrogens (tertiary/aromatic N) is 1. The summed E-state index contributed by atoms with van der Waals surface area (Å²) in [6.45, 7) is 1.27. The monoisotopic (exact) mass is 260 g/mol. The molecule has 0 aromatic rings. The topological polar surface area (TPSA) is 119 Å². The molecule has 2 rings (SSSR count). The Morgan fingerprint density at radius 3 is 2.61 bits per heavy atom. The third-order valence-corrected chi connectivity index (χ3v) is 3.23. The fraction of sp³-hybridized carbons (Fsp3) is 0.800. The van der Waals surface area contributed by atoms with E-state index < -0.39 is 43.1 Å². The molecule has 2 aliphatic rings. The number of aliphatic hydroxyl groups excluding tert-OH is 3. The number of imide groups is 1. The molecule has 2 fully saturated rings. The van der Waals surface area contributed by atoms with Gasteiger partial charge in [-0.1, -0.05) is 6.92 Å². The molecule has 2 heterocycles. The summed E-state index contributed by atoms with van der Waals surface area (Å²) in [5.41, 5.74) is 0. The van der Waals surface area contributed by atoms with Crippen molar-refractivity contribution in [1.29, 1.82) is 0 Å². The molecule has 4 N–H and O–H groups in total. The number of hydrogen-bond donors (Lipinski definition) is 4. The summed E-state index contributed by atoms with van der Waals surface area (Å²) in [7, 11) is 0. The first-order valence-electron chi connectivity index (χ1n) is 5.69. The Bertz CT molecular complexity index is 362. The van der Waals surface area contributed by atoms with Crippen LogP contribution in [0.1, 0.15) is 6.92 Å². The number of amides is 3. The van der Waals surface area contributed by atoms with Crippen LogP contribution in [0.2, 0.25) is 0 Å². The minimum absolute atomic E-state index is 0.0945. The van der Waals surface area contributed by atoms with Gasteiger partial charge < -0.3 is 20.1 Å². The van der Waals surface area contributed by atoms with Gasteiger partial charge in [0, 0.05) is 6.54 Å². The Labute approximate surface area is 103 Å². The molecule has 8 nitrogen and oxygen atoms in total. The smallest absolute Gasteiger partial charge is 0.326 e. The van der Waals surface area contributed by atoms with Crippen molar-refractivity contribution in [3.8, 4) is 0 Å². The molecule has 8 heteroatoms. The maximum Gasteiger partial charge on any atom is 0.326 e. The van der Waals surface area contributed by atoms with E-state index in [0.29, 0.717) is 0 Å². The molecule has 0 bridgehead atoms. The lowest BCUT2D eigenvalue weighted by Crippen LogP contribution is -2.59. The summed E-state index contributed by atoms with van der Waals surface area (Å²) in [6.07, 6.45) is -4.58. The molecule has 0 radical (unpaired) electrons. The molecule has 0 saturated carbocycles. The highest BCUT2D eigenvalue weighted by atomic mass is 16.6. The van der Waals surface area contributed by atoms with Crippen LogP contribution in [0.4, 0.5) is 4.79 Å². The maximum absolute atomic E-state index is 11.6. The van der Waals surface area contributed by atoms with E-state index in [1.54, 1.807) is 6.92 Å². The van der Waals surface area contributed by atoms with Crippen molar-refractivity contribution >= 4 is 11.9 Å². The zero-order valence-electron chi connectivity index (χ0n) is 9.81. The number of urea groups is 1. The Kier molecular flexibility index (Phi) is 3.53. The fourth-order valence-electron chi connectivity index (χ4n) is 2.12. The summed E-state index contributed by atoms with van der Waals surface area (Å²) in [5, 5.41) is 30.5. The number of aliphatic hydroxyl groups is 3. The Morgan fingerprint density at radius 1 is 1.39 bits per heavy atom. The fourth-order valence-corrected chi connectivity index (χ4v) is 2.12. The lowest BCUT2D eigenvalue weighted by atomic mass is 10.1. The standard InChI is InChI=1S/C10H16N2O6/c1-4-2-12(10(17)11-8(4)16)9-7(15)6(14)5(3-13)18-9/h4-7,9,13-15H,2-3H2,1H3,(H,11,16,17)/t4?,5-,6-,7+,9-/m1/s1. The van der Waals surface area contributed by atoms with Gasteiger partial charge in [0.2, 0.25) is 5.91 Å². The zero-order chi connectivity index (χ0) is 13.4. The molecule has 2 saturated heterocycles. The van der Waals surface area contributed by atoms with E-state index in [-0.39, 0.29) is 12.5 Å². The van der Waals surface area contributed by atoms with Gasteiger partial charge in [0.05, 0.1) is 12.5 Å². The zero-order valence-corrected chi connectivity index (χ0v) is 9.81. The van der Waals surface area contributed by atoms with Crippen LogP contribution in [-0.4, -0.2) is 69.8 Å². The molecular weight excluding hydrogens is 244 g/mol. The van der Waals surface area contributed by atoms with E-state index in [1.807, 2.05) is 0 Å².